The van der Waals surface area contributed by atoms with Gasteiger partial charge in [-0.05, 0) is 36.8 Å². The molecule has 0 aliphatic rings. The first kappa shape index (κ1) is 21.9. The first-order valence-electron chi connectivity index (χ1n) is 9.17. The molecule has 2 aromatic heterocycles. The van der Waals surface area contributed by atoms with Crippen molar-refractivity contribution < 1.29 is 13.2 Å². The number of nitrogens with zero attached hydrogens (tertiary/aromatic N) is 5. The summed E-state index contributed by atoms with van der Waals surface area (Å²) in [6.07, 6.45) is 3.10. The molecule has 0 unspecified atom stereocenters. The summed E-state index contributed by atoms with van der Waals surface area (Å²) in [5, 5.41) is 6.94. The molecule has 1 aromatic carbocycles. The van der Waals surface area contributed by atoms with E-state index in [4.69, 9.17) is 0 Å². The van der Waals surface area contributed by atoms with E-state index in [-0.39, 0.29) is 22.8 Å². The second kappa shape index (κ2) is 8.94. The van der Waals surface area contributed by atoms with Crippen LogP contribution in [0.15, 0.2) is 53.3 Å². The van der Waals surface area contributed by atoms with E-state index in [1.165, 1.54) is 24.7 Å². The van der Waals surface area contributed by atoms with Crippen LogP contribution in [0.2, 0.25) is 0 Å². The number of amides is 2. The molecular weight excluding hydrogens is 424 g/mol. The third-order valence-electron chi connectivity index (χ3n) is 4.75. The highest BCUT2D eigenvalue weighted by Gasteiger charge is 2.21. The second-order valence-electron chi connectivity index (χ2n) is 6.89. The molecule has 0 aliphatic heterocycles. The van der Waals surface area contributed by atoms with Crippen LogP contribution in [0.4, 0.5) is 4.79 Å². The summed E-state index contributed by atoms with van der Waals surface area (Å²) in [5.41, 5.74) is 1.86. The highest BCUT2D eigenvalue weighted by molar-refractivity contribution is 7.91. The summed E-state index contributed by atoms with van der Waals surface area (Å²) in [7, 11) is 1.24. The quantitative estimate of drug-likeness (QED) is 0.598. The Morgan fingerprint density at radius 2 is 1.87 bits per heavy atom. The van der Waals surface area contributed by atoms with Crippen LogP contribution in [0.5, 0.6) is 0 Å². The largest absolute Gasteiger partial charge is 0.333 e. The third kappa shape index (κ3) is 4.69. The van der Waals surface area contributed by atoms with Crippen molar-refractivity contribution in [1.29, 1.82) is 0 Å². The van der Waals surface area contributed by atoms with Crippen molar-refractivity contribution in [1.82, 2.24) is 29.3 Å². The number of urea groups is 1. The minimum atomic E-state index is -3.46. The number of sulfonamides is 1. The predicted octanol–water partition coefficient (Wildman–Crippen LogP) is 2.48. The monoisotopic (exact) mass is 448 g/mol. The van der Waals surface area contributed by atoms with E-state index < -0.39 is 10.0 Å². The van der Waals surface area contributed by atoms with Crippen molar-refractivity contribution in [3.05, 3.63) is 59.5 Å². The van der Waals surface area contributed by atoms with Crippen LogP contribution in [0, 0.1) is 0 Å². The zero-order chi connectivity index (χ0) is 21.9. The molecule has 0 bridgehead atoms. The van der Waals surface area contributed by atoms with Crippen molar-refractivity contribution in [2.24, 2.45) is 0 Å². The van der Waals surface area contributed by atoms with E-state index in [1.54, 1.807) is 35.1 Å². The Balaban J connectivity index is 1.60. The number of rotatable bonds is 7. The van der Waals surface area contributed by atoms with Gasteiger partial charge in [0.05, 0.1) is 18.3 Å². The topological polar surface area (TPSA) is 100 Å². The lowest BCUT2D eigenvalue weighted by Gasteiger charge is -2.25. The van der Waals surface area contributed by atoms with Gasteiger partial charge in [-0.15, -0.1) is 11.3 Å². The van der Waals surface area contributed by atoms with Gasteiger partial charge in [0.2, 0.25) is 0 Å². The standard InChI is InChI=1S/C19H24N6O3S2/c1-14(15-5-7-16(8-6-15)25-13-20-12-22-25)24(4)19(26)21-11-17-9-10-18(29-17)30(27,28)23(2)3/h5-10,12-14H,11H2,1-4H3,(H,21,26)/t14-/m0/s1. The van der Waals surface area contributed by atoms with E-state index in [9.17, 15) is 13.2 Å². The normalized spacial score (nSPS) is 12.7. The van der Waals surface area contributed by atoms with Crippen molar-refractivity contribution in [2.45, 2.75) is 23.7 Å². The average Bonchev–Trinajstić information content (AvgIpc) is 3.43. The van der Waals surface area contributed by atoms with Crippen molar-refractivity contribution in [3.8, 4) is 5.69 Å². The number of carbonyl (C=O) groups excluding carboxylic acids is 1. The minimum Gasteiger partial charge on any atom is -0.333 e. The molecule has 0 aliphatic carbocycles. The zero-order valence-corrected chi connectivity index (χ0v) is 18.8. The fourth-order valence-corrected chi connectivity index (χ4v) is 5.17. The van der Waals surface area contributed by atoms with Crippen LogP contribution < -0.4 is 5.32 Å². The van der Waals surface area contributed by atoms with E-state index >= 15 is 0 Å². The highest BCUT2D eigenvalue weighted by atomic mass is 32.2. The SMILES string of the molecule is C[C@@H](c1ccc(-n2cncn2)cc1)N(C)C(=O)NCc1ccc(S(=O)(=O)N(C)C)s1. The van der Waals surface area contributed by atoms with E-state index in [0.29, 0.717) is 0 Å². The summed E-state index contributed by atoms with van der Waals surface area (Å²) in [5.74, 6) is 0. The molecule has 30 heavy (non-hydrogen) atoms. The van der Waals surface area contributed by atoms with Crippen molar-refractivity contribution in [3.63, 3.8) is 0 Å². The molecule has 2 heterocycles. The Kier molecular flexibility index (Phi) is 6.54. The van der Waals surface area contributed by atoms with Crippen LogP contribution in [-0.2, 0) is 16.6 Å². The van der Waals surface area contributed by atoms with Crippen LogP contribution in [-0.4, -0.2) is 59.6 Å². The van der Waals surface area contributed by atoms with Crippen LogP contribution >= 0.6 is 11.3 Å². The summed E-state index contributed by atoms with van der Waals surface area (Å²) >= 11 is 1.15. The molecule has 0 spiro atoms. The molecule has 160 valence electrons. The summed E-state index contributed by atoms with van der Waals surface area (Å²) in [6, 6.07) is 10.6. The predicted molar refractivity (Wildman–Crippen MR) is 115 cm³/mol. The molecule has 1 N–H and O–H groups in total. The number of aromatic nitrogens is 3. The molecule has 9 nitrogen and oxygen atoms in total. The molecule has 1 atom stereocenters. The summed E-state index contributed by atoms with van der Waals surface area (Å²) in [4.78, 5) is 18.9. The number of hydrogen-bond acceptors (Lipinski definition) is 6. The molecule has 3 aromatic rings. The Hall–Kier alpha value is -2.76. The van der Waals surface area contributed by atoms with Crippen molar-refractivity contribution >= 4 is 27.4 Å². The second-order valence-corrected chi connectivity index (χ2v) is 10.4. The highest BCUT2D eigenvalue weighted by Crippen LogP contribution is 2.24. The smallest absolute Gasteiger partial charge is 0.317 e. The fraction of sp³-hybridized carbons (Fsp3) is 0.316. The van der Waals surface area contributed by atoms with E-state index in [1.807, 2.05) is 31.2 Å². The molecule has 0 saturated carbocycles. The molecule has 0 radical (unpaired) electrons. The lowest BCUT2D eigenvalue weighted by Crippen LogP contribution is -2.38. The summed E-state index contributed by atoms with van der Waals surface area (Å²) in [6.45, 7) is 2.20. The van der Waals surface area contributed by atoms with Gasteiger partial charge >= 0.3 is 6.03 Å². The third-order valence-corrected chi connectivity index (χ3v) is 8.11. The number of nitrogens with one attached hydrogen (secondary N) is 1. The maximum Gasteiger partial charge on any atom is 0.317 e. The van der Waals surface area contributed by atoms with Gasteiger partial charge in [0.1, 0.15) is 16.9 Å². The Bertz CT molecular complexity index is 1090. The van der Waals surface area contributed by atoms with Gasteiger partial charge in [0.15, 0.2) is 0 Å². The number of hydrogen-bond donors (Lipinski definition) is 1. The maximum atomic E-state index is 12.6. The first-order chi connectivity index (χ1) is 14.2. The molecule has 0 saturated heterocycles. The van der Waals surface area contributed by atoms with Crippen LogP contribution in [0.1, 0.15) is 23.4 Å². The van der Waals surface area contributed by atoms with Crippen LogP contribution in [0.25, 0.3) is 5.69 Å². The average molecular weight is 449 g/mol. The van der Waals surface area contributed by atoms with Gasteiger partial charge in [-0.25, -0.2) is 27.2 Å². The lowest BCUT2D eigenvalue weighted by molar-refractivity contribution is 0.194. The minimum absolute atomic E-state index is 0.150. The van der Waals surface area contributed by atoms with Gasteiger partial charge in [-0.3, -0.25) is 0 Å². The fourth-order valence-electron chi connectivity index (χ4n) is 2.71. The molecule has 11 heteroatoms. The molecule has 2 amide bonds. The molecule has 3 rings (SSSR count). The van der Waals surface area contributed by atoms with E-state index in [2.05, 4.69) is 15.4 Å². The zero-order valence-electron chi connectivity index (χ0n) is 17.2. The molecule has 0 fully saturated rings. The van der Waals surface area contributed by atoms with Crippen LogP contribution in [0.3, 0.4) is 0 Å². The Morgan fingerprint density at radius 1 is 1.17 bits per heavy atom. The van der Waals surface area contributed by atoms with Gasteiger partial charge in [0.25, 0.3) is 10.0 Å². The van der Waals surface area contributed by atoms with Gasteiger partial charge < -0.3 is 10.2 Å². The Morgan fingerprint density at radius 3 is 2.47 bits per heavy atom. The van der Waals surface area contributed by atoms with Gasteiger partial charge in [-0.2, -0.15) is 5.10 Å². The number of carbonyl (C=O) groups is 1. The Labute approximate surface area is 180 Å². The first-order valence-corrected chi connectivity index (χ1v) is 11.4. The van der Waals surface area contributed by atoms with Crippen molar-refractivity contribution in [2.75, 3.05) is 21.1 Å². The van der Waals surface area contributed by atoms with E-state index in [0.717, 1.165) is 27.5 Å². The number of benzene rings is 1. The lowest BCUT2D eigenvalue weighted by atomic mass is 10.1. The van der Waals surface area contributed by atoms with Gasteiger partial charge in [-0.1, -0.05) is 12.1 Å². The molecular formula is C19H24N6O3S2. The summed E-state index contributed by atoms with van der Waals surface area (Å²) < 4.78 is 27.4. The van der Waals surface area contributed by atoms with Gasteiger partial charge in [0, 0.05) is 26.0 Å². The number of thiophene rings is 1. The maximum absolute atomic E-state index is 12.6.